The summed E-state index contributed by atoms with van der Waals surface area (Å²) in [5.74, 6) is 0.798. The summed E-state index contributed by atoms with van der Waals surface area (Å²) >= 11 is 1.02. The van der Waals surface area contributed by atoms with Crippen LogP contribution in [-0.4, -0.2) is 27.3 Å². The summed E-state index contributed by atoms with van der Waals surface area (Å²) in [7, 11) is 0. The number of anilines is 1. The highest BCUT2D eigenvalue weighted by Gasteiger charge is 2.11. The lowest BCUT2D eigenvalue weighted by molar-refractivity contribution is -0.118. The molecule has 1 aromatic carbocycles. The molecule has 0 atom stereocenters. The van der Waals surface area contributed by atoms with Crippen molar-refractivity contribution in [2.75, 3.05) is 11.9 Å². The van der Waals surface area contributed by atoms with Gasteiger partial charge in [-0.3, -0.25) is 10.1 Å². The van der Waals surface area contributed by atoms with Crippen LogP contribution < -0.4 is 10.1 Å². The molecule has 106 valence electrons. The first kappa shape index (κ1) is 14.4. The Kier molecular flexibility index (Phi) is 4.62. The highest BCUT2D eigenvalue weighted by atomic mass is 32.1. The van der Waals surface area contributed by atoms with E-state index in [-0.39, 0.29) is 12.5 Å². The molecule has 0 radical (unpaired) electrons. The number of aromatic nitrogens is 3. The molecule has 7 heteroatoms. The van der Waals surface area contributed by atoms with Crippen molar-refractivity contribution < 1.29 is 9.53 Å². The molecule has 0 bridgehead atoms. The van der Waals surface area contributed by atoms with Crippen LogP contribution in [0.3, 0.4) is 0 Å². The van der Waals surface area contributed by atoms with Crippen molar-refractivity contribution in [1.82, 2.24) is 14.8 Å². The smallest absolute Gasteiger partial charge is 0.264 e. The molecule has 0 saturated heterocycles. The molecule has 0 aliphatic carbocycles. The molecular formula is C13H16N4O2S. The zero-order valence-electron chi connectivity index (χ0n) is 11.6. The van der Waals surface area contributed by atoms with Crippen LogP contribution in [0, 0.1) is 6.92 Å². The topological polar surface area (TPSA) is 77.0 Å². The number of carbonyl (C=O) groups excluding carboxylic acids is 1. The number of benzene rings is 1. The minimum atomic E-state index is -0.278. The van der Waals surface area contributed by atoms with E-state index in [0.717, 1.165) is 28.4 Å². The summed E-state index contributed by atoms with van der Waals surface area (Å²) in [6.45, 7) is 6.10. The maximum Gasteiger partial charge on any atom is 0.264 e. The number of nitrogens with one attached hydrogen (secondary N) is 1. The van der Waals surface area contributed by atoms with E-state index in [0.29, 0.717) is 11.0 Å². The number of nitrogens with zero attached hydrogens (tertiary/aromatic N) is 3. The fourth-order valence-corrected chi connectivity index (χ4v) is 2.11. The summed E-state index contributed by atoms with van der Waals surface area (Å²) in [6.07, 6.45) is 0. The molecule has 6 nitrogen and oxygen atoms in total. The number of rotatable bonds is 5. The van der Waals surface area contributed by atoms with Crippen LogP contribution >= 0.6 is 11.5 Å². The average Bonchev–Trinajstić information content (AvgIpc) is 2.89. The Labute approximate surface area is 121 Å². The van der Waals surface area contributed by atoms with E-state index in [1.165, 1.54) is 0 Å². The Morgan fingerprint density at radius 3 is 2.90 bits per heavy atom. The van der Waals surface area contributed by atoms with Gasteiger partial charge in [0.15, 0.2) is 6.61 Å². The summed E-state index contributed by atoms with van der Waals surface area (Å²) in [6, 6.07) is 6.01. The molecule has 0 spiro atoms. The standard InChI is InChI=1S/C13H16N4O2S/c1-8(2)10-5-4-9(3)6-11(10)19-7-12(18)14-13-15-16-17-20-13/h4-6,8H,7H2,1-3H3,(H,14,15,17,18). The molecule has 0 aliphatic rings. The Morgan fingerprint density at radius 2 is 2.25 bits per heavy atom. The van der Waals surface area contributed by atoms with Crippen molar-refractivity contribution in [3.8, 4) is 5.75 Å². The maximum atomic E-state index is 11.7. The van der Waals surface area contributed by atoms with Gasteiger partial charge in [-0.25, -0.2) is 0 Å². The molecule has 20 heavy (non-hydrogen) atoms. The van der Waals surface area contributed by atoms with Gasteiger partial charge in [0.2, 0.25) is 5.13 Å². The second-order valence-electron chi connectivity index (χ2n) is 4.70. The van der Waals surface area contributed by atoms with E-state index in [2.05, 4.69) is 34.0 Å². The van der Waals surface area contributed by atoms with Crippen LogP contribution in [0.1, 0.15) is 30.9 Å². The van der Waals surface area contributed by atoms with Crippen molar-refractivity contribution in [2.24, 2.45) is 0 Å². The fourth-order valence-electron chi connectivity index (χ4n) is 1.72. The van der Waals surface area contributed by atoms with Gasteiger partial charge >= 0.3 is 0 Å². The summed E-state index contributed by atoms with van der Waals surface area (Å²) in [5.41, 5.74) is 2.18. The average molecular weight is 292 g/mol. The number of hydrogen-bond donors (Lipinski definition) is 1. The molecule has 1 heterocycles. The van der Waals surface area contributed by atoms with Crippen molar-refractivity contribution >= 4 is 22.6 Å². The lowest BCUT2D eigenvalue weighted by Gasteiger charge is -2.14. The molecule has 0 aliphatic heterocycles. The predicted octanol–water partition coefficient (Wildman–Crippen LogP) is 2.38. The van der Waals surface area contributed by atoms with E-state index in [4.69, 9.17) is 4.74 Å². The largest absolute Gasteiger partial charge is 0.483 e. The lowest BCUT2D eigenvalue weighted by atomic mass is 10.0. The SMILES string of the molecule is Cc1ccc(C(C)C)c(OCC(=O)Nc2nnns2)c1. The molecule has 1 amide bonds. The van der Waals surface area contributed by atoms with Gasteiger partial charge in [-0.15, -0.1) is 0 Å². The molecule has 0 unspecified atom stereocenters. The maximum absolute atomic E-state index is 11.7. The first-order valence-electron chi connectivity index (χ1n) is 6.24. The minimum Gasteiger partial charge on any atom is -0.483 e. The Bertz CT molecular complexity index is 584. The van der Waals surface area contributed by atoms with E-state index in [1.54, 1.807) is 0 Å². The summed E-state index contributed by atoms with van der Waals surface area (Å²) in [5, 5.41) is 9.99. The van der Waals surface area contributed by atoms with E-state index in [9.17, 15) is 4.79 Å². The van der Waals surface area contributed by atoms with Crippen LogP contribution in [0.5, 0.6) is 5.75 Å². The predicted molar refractivity (Wildman–Crippen MR) is 77.1 cm³/mol. The molecule has 1 N–H and O–H groups in total. The van der Waals surface area contributed by atoms with E-state index >= 15 is 0 Å². The van der Waals surface area contributed by atoms with Gasteiger partial charge in [0.05, 0.1) is 0 Å². The number of aryl methyl sites for hydroxylation is 1. The number of hydrogen-bond acceptors (Lipinski definition) is 6. The van der Waals surface area contributed by atoms with Crippen molar-refractivity contribution in [3.05, 3.63) is 29.3 Å². The van der Waals surface area contributed by atoms with Crippen LogP contribution in [0.2, 0.25) is 0 Å². The summed E-state index contributed by atoms with van der Waals surface area (Å²) in [4.78, 5) is 11.7. The van der Waals surface area contributed by atoms with Crippen LogP contribution in [0.25, 0.3) is 0 Å². The van der Waals surface area contributed by atoms with Gasteiger partial charge in [0.25, 0.3) is 5.91 Å². The second kappa shape index (κ2) is 6.42. The third kappa shape index (κ3) is 3.74. The highest BCUT2D eigenvalue weighted by Crippen LogP contribution is 2.27. The van der Waals surface area contributed by atoms with E-state index in [1.807, 2.05) is 25.1 Å². The minimum absolute atomic E-state index is 0.0667. The first-order chi connectivity index (χ1) is 9.56. The van der Waals surface area contributed by atoms with Gasteiger partial charge in [0.1, 0.15) is 5.75 Å². The second-order valence-corrected chi connectivity index (χ2v) is 5.43. The third-order valence-corrected chi connectivity index (χ3v) is 3.21. The fraction of sp³-hybridized carbons (Fsp3) is 0.385. The number of ether oxygens (including phenoxy) is 1. The van der Waals surface area contributed by atoms with Crippen LogP contribution in [0.15, 0.2) is 18.2 Å². The van der Waals surface area contributed by atoms with Gasteiger partial charge in [-0.05, 0) is 35.2 Å². The monoisotopic (exact) mass is 292 g/mol. The zero-order valence-corrected chi connectivity index (χ0v) is 12.4. The first-order valence-corrected chi connectivity index (χ1v) is 7.02. The molecule has 2 aromatic rings. The van der Waals surface area contributed by atoms with Crippen LogP contribution in [-0.2, 0) is 4.79 Å². The Hall–Kier alpha value is -2.02. The van der Waals surface area contributed by atoms with Crippen LogP contribution in [0.4, 0.5) is 5.13 Å². The lowest BCUT2D eigenvalue weighted by Crippen LogP contribution is -2.20. The van der Waals surface area contributed by atoms with E-state index < -0.39 is 0 Å². The molecule has 0 saturated carbocycles. The normalized spacial score (nSPS) is 10.6. The highest BCUT2D eigenvalue weighted by molar-refractivity contribution is 7.09. The molecule has 0 fully saturated rings. The Morgan fingerprint density at radius 1 is 1.45 bits per heavy atom. The van der Waals surface area contributed by atoms with Crippen molar-refractivity contribution in [3.63, 3.8) is 0 Å². The third-order valence-electron chi connectivity index (χ3n) is 2.70. The Balaban J connectivity index is 1.99. The zero-order chi connectivity index (χ0) is 14.5. The van der Waals surface area contributed by atoms with Gasteiger partial charge in [-0.1, -0.05) is 35.6 Å². The van der Waals surface area contributed by atoms with Gasteiger partial charge < -0.3 is 4.74 Å². The molecule has 2 rings (SSSR count). The van der Waals surface area contributed by atoms with Gasteiger partial charge in [-0.2, -0.15) is 0 Å². The number of amides is 1. The quantitative estimate of drug-likeness (QED) is 0.915. The van der Waals surface area contributed by atoms with Crippen molar-refractivity contribution in [1.29, 1.82) is 0 Å². The van der Waals surface area contributed by atoms with Crippen molar-refractivity contribution in [2.45, 2.75) is 26.7 Å². The summed E-state index contributed by atoms with van der Waals surface area (Å²) < 4.78 is 9.18. The number of carbonyl (C=O) groups is 1. The van der Waals surface area contributed by atoms with Gasteiger partial charge in [0, 0.05) is 11.5 Å². The molecular weight excluding hydrogens is 276 g/mol. The molecule has 1 aromatic heterocycles.